The van der Waals surface area contributed by atoms with Crippen molar-refractivity contribution in [2.75, 3.05) is 6.54 Å². The van der Waals surface area contributed by atoms with Gasteiger partial charge in [-0.25, -0.2) is 0 Å². The first kappa shape index (κ1) is 13.5. The maximum Gasteiger partial charge on any atom is 0.220 e. The highest BCUT2D eigenvalue weighted by Crippen LogP contribution is 2.28. The summed E-state index contributed by atoms with van der Waals surface area (Å²) in [6.45, 7) is 4.29. The molecule has 0 aromatic rings. The molecule has 5 heteroatoms. The number of amides is 1. The van der Waals surface area contributed by atoms with Gasteiger partial charge >= 0.3 is 0 Å². The molecule has 1 aliphatic rings. The molecule has 92 valence electrons. The van der Waals surface area contributed by atoms with Crippen LogP contribution in [0.1, 0.15) is 46.0 Å². The highest BCUT2D eigenvalue weighted by Gasteiger charge is 2.22. The Morgan fingerprint density at radius 2 is 2.06 bits per heavy atom. The molecule has 0 radical (unpaired) electrons. The highest BCUT2D eigenvalue weighted by atomic mass is 32.2. The van der Waals surface area contributed by atoms with Crippen LogP contribution in [-0.4, -0.2) is 17.2 Å². The molecule has 0 atom stereocenters. The minimum absolute atomic E-state index is 0.103. The first-order valence-corrected chi connectivity index (χ1v) is 6.58. The summed E-state index contributed by atoms with van der Waals surface area (Å²) in [5, 5.41) is 2.88. The van der Waals surface area contributed by atoms with Gasteiger partial charge in [0.25, 0.3) is 0 Å². The Morgan fingerprint density at radius 3 is 2.62 bits per heavy atom. The second-order valence-electron chi connectivity index (χ2n) is 5.06. The Balaban J connectivity index is 2.20. The van der Waals surface area contributed by atoms with Gasteiger partial charge in [0.1, 0.15) is 0 Å². The number of carbonyl (C=O) groups excluding carboxylic acids is 1. The third-order valence-electron chi connectivity index (χ3n) is 2.94. The van der Waals surface area contributed by atoms with Crippen molar-refractivity contribution in [2.45, 2.75) is 50.7 Å². The van der Waals surface area contributed by atoms with Gasteiger partial charge in [-0.3, -0.25) is 4.79 Å². The van der Waals surface area contributed by atoms with Gasteiger partial charge in [0, 0.05) is 29.5 Å². The predicted molar refractivity (Wildman–Crippen MR) is 67.0 cm³/mol. The van der Waals surface area contributed by atoms with E-state index >= 15 is 0 Å². The van der Waals surface area contributed by atoms with E-state index in [2.05, 4.69) is 9.90 Å². The van der Waals surface area contributed by atoms with Gasteiger partial charge in [-0.05, 0) is 32.6 Å². The molecule has 0 unspecified atom stereocenters. The average Bonchev–Trinajstić information content (AvgIpc) is 2.68. The lowest BCUT2D eigenvalue weighted by molar-refractivity contribution is -0.122. The van der Waals surface area contributed by atoms with E-state index in [1.807, 2.05) is 13.8 Å². The largest absolute Gasteiger partial charge is 0.355 e. The highest BCUT2D eigenvalue weighted by molar-refractivity contribution is 7.99. The molecule has 1 aliphatic carbocycles. The lowest BCUT2D eigenvalue weighted by Crippen LogP contribution is -2.36. The first-order chi connectivity index (χ1) is 7.53. The third-order valence-corrected chi connectivity index (χ3v) is 3.66. The van der Waals surface area contributed by atoms with Crippen LogP contribution in [0.4, 0.5) is 0 Å². The summed E-state index contributed by atoms with van der Waals surface area (Å²) in [6, 6.07) is 0. The monoisotopic (exact) mass is 244 g/mol. The van der Waals surface area contributed by atoms with Crippen molar-refractivity contribution in [3.63, 3.8) is 0 Å². The molecule has 1 N–H and O–H groups in total. The molecule has 0 aromatic carbocycles. The summed E-state index contributed by atoms with van der Waals surface area (Å²) in [6.07, 6.45) is 5.51. The molecule has 1 fully saturated rings. The smallest absolute Gasteiger partial charge is 0.220 e. The van der Waals surface area contributed by atoms with Crippen LogP contribution in [0.5, 0.6) is 0 Å². The third kappa shape index (κ3) is 4.96. The summed E-state index contributed by atoms with van der Waals surface area (Å²) < 4.78 is 2.49. The van der Waals surface area contributed by atoms with Gasteiger partial charge < -0.3 is 5.32 Å². The number of hydrogen-bond acceptors (Lipinski definition) is 4. The fraction of sp³-hybridized carbons (Fsp3) is 0.909. The number of hydrogen-bond donors (Lipinski definition) is 1. The number of carbonyl (C=O) groups is 1. The van der Waals surface area contributed by atoms with Crippen LogP contribution in [0.25, 0.3) is 0 Å². The number of nitrogens with zero attached hydrogens (tertiary/aromatic N) is 1. The van der Waals surface area contributed by atoms with Crippen LogP contribution in [0.2, 0.25) is 0 Å². The predicted octanol–water partition coefficient (Wildman–Crippen LogP) is 2.88. The summed E-state index contributed by atoms with van der Waals surface area (Å²) in [5.74, 6) is 0.673. The zero-order valence-electron chi connectivity index (χ0n) is 9.99. The van der Waals surface area contributed by atoms with Gasteiger partial charge in [0.2, 0.25) is 5.91 Å². The molecule has 4 nitrogen and oxygen atoms in total. The van der Waals surface area contributed by atoms with Crippen molar-refractivity contribution in [1.29, 1.82) is 0 Å². The van der Waals surface area contributed by atoms with E-state index in [4.69, 9.17) is 0 Å². The van der Waals surface area contributed by atoms with E-state index in [1.54, 1.807) is 0 Å². The lowest BCUT2D eigenvalue weighted by atomic mass is 10.0. The van der Waals surface area contributed by atoms with Crippen molar-refractivity contribution in [3.8, 4) is 0 Å². The first-order valence-electron chi connectivity index (χ1n) is 5.81. The van der Waals surface area contributed by atoms with Gasteiger partial charge in [-0.1, -0.05) is 12.8 Å². The normalized spacial score (nSPS) is 17.4. The van der Waals surface area contributed by atoms with E-state index in [1.165, 1.54) is 25.7 Å². The molecule has 16 heavy (non-hydrogen) atoms. The van der Waals surface area contributed by atoms with Crippen LogP contribution in [0.3, 0.4) is 0 Å². The Kier molecular flexibility index (Phi) is 5.25. The van der Waals surface area contributed by atoms with E-state index in [0.29, 0.717) is 18.9 Å². The molecule has 0 bridgehead atoms. The molecule has 0 heterocycles. The molecule has 0 spiro atoms. The molecule has 0 aliphatic heterocycles. The average molecular weight is 244 g/mol. The van der Waals surface area contributed by atoms with Crippen molar-refractivity contribution in [1.82, 2.24) is 5.32 Å². The zero-order chi connectivity index (χ0) is 12.0. The minimum atomic E-state index is -0.312. The van der Waals surface area contributed by atoms with E-state index < -0.39 is 0 Å². The Morgan fingerprint density at radius 1 is 1.44 bits per heavy atom. The van der Waals surface area contributed by atoms with Crippen molar-refractivity contribution in [3.05, 3.63) is 4.91 Å². The zero-order valence-corrected chi connectivity index (χ0v) is 10.8. The quantitative estimate of drug-likeness (QED) is 0.577. The van der Waals surface area contributed by atoms with Gasteiger partial charge in [0.15, 0.2) is 0 Å². The Labute approximate surface area is 101 Å². The van der Waals surface area contributed by atoms with Crippen molar-refractivity contribution < 1.29 is 4.79 Å². The molecule has 1 saturated carbocycles. The van der Waals surface area contributed by atoms with E-state index in [0.717, 1.165) is 11.9 Å². The standard InChI is InChI=1S/C11H20N2O2S/c1-11(2,16-13-15)8-12-10(14)7-9-5-3-4-6-9/h9H,3-8H2,1-2H3,(H,12,14). The maximum absolute atomic E-state index is 11.6. The van der Waals surface area contributed by atoms with Crippen LogP contribution in [0, 0.1) is 10.8 Å². The maximum atomic E-state index is 11.6. The fourth-order valence-corrected chi connectivity index (χ4v) is 2.33. The molecular weight excluding hydrogens is 224 g/mol. The topological polar surface area (TPSA) is 58.5 Å². The van der Waals surface area contributed by atoms with Gasteiger partial charge in [-0.15, -0.1) is 4.91 Å². The van der Waals surface area contributed by atoms with Crippen LogP contribution in [0.15, 0.2) is 4.58 Å². The minimum Gasteiger partial charge on any atom is -0.355 e. The van der Waals surface area contributed by atoms with Gasteiger partial charge in [-0.2, -0.15) is 0 Å². The molecule has 1 rings (SSSR count). The van der Waals surface area contributed by atoms with Crippen LogP contribution >= 0.6 is 11.9 Å². The number of rotatable bonds is 6. The van der Waals surface area contributed by atoms with E-state index in [-0.39, 0.29) is 10.7 Å². The molecule has 0 saturated heterocycles. The van der Waals surface area contributed by atoms with Gasteiger partial charge in [0.05, 0.1) is 4.75 Å². The van der Waals surface area contributed by atoms with Crippen molar-refractivity contribution >= 4 is 17.9 Å². The Hall–Kier alpha value is -0.580. The molecule has 1 amide bonds. The second-order valence-corrected chi connectivity index (χ2v) is 6.49. The summed E-state index contributed by atoms with van der Waals surface area (Å²) in [4.78, 5) is 21.8. The number of nitroso groups, excluding NO2 is 1. The SMILES string of the molecule is CC(C)(CNC(=O)CC1CCCC1)SN=O. The lowest BCUT2D eigenvalue weighted by Gasteiger charge is -2.20. The van der Waals surface area contributed by atoms with Crippen LogP contribution < -0.4 is 5.32 Å². The second kappa shape index (κ2) is 6.23. The molecular formula is C11H20N2O2S. The fourth-order valence-electron chi connectivity index (χ4n) is 1.99. The van der Waals surface area contributed by atoms with Crippen molar-refractivity contribution in [2.24, 2.45) is 10.5 Å². The summed E-state index contributed by atoms with van der Waals surface area (Å²) in [5.41, 5.74) is 0. The van der Waals surface area contributed by atoms with Crippen LogP contribution in [-0.2, 0) is 4.79 Å². The number of nitrogens with one attached hydrogen (secondary N) is 1. The Bertz CT molecular complexity index is 250. The summed E-state index contributed by atoms with van der Waals surface area (Å²) >= 11 is 0.973. The molecule has 0 aromatic heterocycles. The summed E-state index contributed by atoms with van der Waals surface area (Å²) in [7, 11) is 0. The van der Waals surface area contributed by atoms with E-state index in [9.17, 15) is 9.70 Å².